The zero-order chi connectivity index (χ0) is 20.6. The van der Waals surface area contributed by atoms with Gasteiger partial charge in [-0.05, 0) is 54.2 Å². The Morgan fingerprint density at radius 1 is 1.21 bits per heavy atom. The van der Waals surface area contributed by atoms with Crippen LogP contribution < -0.4 is 0 Å². The molecule has 1 aromatic heterocycles. The van der Waals surface area contributed by atoms with Gasteiger partial charge in [-0.2, -0.15) is 0 Å². The molecule has 2 aliphatic rings. The Hall–Kier alpha value is -2.14. The second-order valence-corrected chi connectivity index (χ2v) is 9.96. The maximum Gasteiger partial charge on any atom is 0.230 e. The van der Waals surface area contributed by atoms with Gasteiger partial charge in [0, 0.05) is 38.0 Å². The van der Waals surface area contributed by atoms with Gasteiger partial charge in [0.15, 0.2) is 0 Å². The third-order valence-corrected chi connectivity index (χ3v) is 7.40. The zero-order valence-electron chi connectivity index (χ0n) is 17.6. The molecule has 2 aromatic rings. The van der Waals surface area contributed by atoms with E-state index >= 15 is 0 Å². The van der Waals surface area contributed by atoms with E-state index in [1.54, 1.807) is 16.2 Å². The highest BCUT2D eigenvalue weighted by Gasteiger charge is 2.48. The smallest absolute Gasteiger partial charge is 0.230 e. The lowest BCUT2D eigenvalue weighted by atomic mass is 9.73. The van der Waals surface area contributed by atoms with E-state index in [1.165, 1.54) is 10.4 Å². The summed E-state index contributed by atoms with van der Waals surface area (Å²) in [4.78, 5) is 31.1. The molecule has 4 rings (SSSR count). The summed E-state index contributed by atoms with van der Waals surface area (Å²) in [5.41, 5.74) is 1.84. The lowest BCUT2D eigenvalue weighted by Gasteiger charge is -2.43. The topological polar surface area (TPSA) is 40.6 Å². The van der Waals surface area contributed by atoms with Gasteiger partial charge in [-0.25, -0.2) is 0 Å². The minimum absolute atomic E-state index is 0.140. The van der Waals surface area contributed by atoms with Gasteiger partial charge in [-0.1, -0.05) is 37.3 Å². The molecule has 4 nitrogen and oxygen atoms in total. The van der Waals surface area contributed by atoms with Crippen LogP contribution in [0, 0.1) is 17.3 Å². The fourth-order valence-electron chi connectivity index (χ4n) is 4.71. The summed E-state index contributed by atoms with van der Waals surface area (Å²) in [6.45, 7) is 3.46. The van der Waals surface area contributed by atoms with Crippen molar-refractivity contribution in [2.24, 2.45) is 17.3 Å². The molecular weight excluding hydrogens is 380 g/mol. The lowest BCUT2D eigenvalue weighted by Crippen LogP contribution is -2.54. The number of thiophene rings is 1. The number of carbonyl (C=O) groups is 2. The van der Waals surface area contributed by atoms with Gasteiger partial charge in [0.2, 0.25) is 11.8 Å². The third kappa shape index (κ3) is 4.11. The highest BCUT2D eigenvalue weighted by molar-refractivity contribution is 7.13. The molecule has 3 atom stereocenters. The van der Waals surface area contributed by atoms with Crippen molar-refractivity contribution >= 4 is 23.2 Å². The van der Waals surface area contributed by atoms with Crippen LogP contribution in [0.1, 0.15) is 31.7 Å². The fraction of sp³-hybridized carbons (Fsp3) is 0.500. The molecule has 1 aromatic carbocycles. The van der Waals surface area contributed by atoms with Gasteiger partial charge < -0.3 is 9.80 Å². The largest absolute Gasteiger partial charge is 0.348 e. The first kappa shape index (κ1) is 20.1. The number of rotatable bonds is 5. The van der Waals surface area contributed by atoms with Gasteiger partial charge >= 0.3 is 0 Å². The predicted octanol–water partition coefficient (Wildman–Crippen LogP) is 4.31. The highest BCUT2D eigenvalue weighted by atomic mass is 32.1. The Balaban J connectivity index is 1.56. The summed E-state index contributed by atoms with van der Waals surface area (Å²) < 4.78 is 0. The minimum Gasteiger partial charge on any atom is -0.348 e. The maximum absolute atomic E-state index is 13.3. The molecule has 1 aliphatic heterocycles. The molecule has 5 heteroatoms. The van der Waals surface area contributed by atoms with Crippen LogP contribution in [0.2, 0.25) is 0 Å². The molecule has 1 aliphatic carbocycles. The average molecular weight is 411 g/mol. The van der Waals surface area contributed by atoms with E-state index < -0.39 is 5.41 Å². The molecule has 1 saturated heterocycles. The van der Waals surface area contributed by atoms with Crippen molar-refractivity contribution in [3.05, 3.63) is 47.3 Å². The number of hydrogen-bond donors (Lipinski definition) is 0. The van der Waals surface area contributed by atoms with Crippen LogP contribution in [0.25, 0.3) is 10.4 Å². The molecule has 0 N–H and O–H groups in total. The summed E-state index contributed by atoms with van der Waals surface area (Å²) in [6, 6.07) is 12.8. The van der Waals surface area contributed by atoms with E-state index in [1.807, 2.05) is 19.0 Å². The van der Waals surface area contributed by atoms with E-state index in [4.69, 9.17) is 0 Å². The first-order valence-corrected chi connectivity index (χ1v) is 11.4. The van der Waals surface area contributed by atoms with Gasteiger partial charge in [-0.3, -0.25) is 9.59 Å². The van der Waals surface area contributed by atoms with Crippen LogP contribution in [0.3, 0.4) is 0 Å². The molecule has 0 spiro atoms. The van der Waals surface area contributed by atoms with E-state index in [-0.39, 0.29) is 17.7 Å². The monoisotopic (exact) mass is 410 g/mol. The quantitative estimate of drug-likeness (QED) is 0.737. The van der Waals surface area contributed by atoms with Crippen LogP contribution in [0.4, 0.5) is 0 Å². The molecule has 2 amide bonds. The van der Waals surface area contributed by atoms with Crippen molar-refractivity contribution in [2.75, 3.05) is 27.2 Å². The predicted molar refractivity (Wildman–Crippen MR) is 118 cm³/mol. The summed E-state index contributed by atoms with van der Waals surface area (Å²) >= 11 is 1.73. The molecule has 2 fully saturated rings. The Bertz CT molecular complexity index is 875. The summed E-state index contributed by atoms with van der Waals surface area (Å²) in [5.74, 6) is 1.06. The van der Waals surface area contributed by atoms with Gasteiger partial charge in [0.25, 0.3) is 0 Å². The number of likely N-dealkylation sites (tertiary alicyclic amines) is 1. The summed E-state index contributed by atoms with van der Waals surface area (Å²) in [7, 11) is 3.65. The fourth-order valence-corrected chi connectivity index (χ4v) is 5.44. The zero-order valence-corrected chi connectivity index (χ0v) is 18.4. The Labute approximate surface area is 177 Å². The number of benzene rings is 1. The Morgan fingerprint density at radius 3 is 2.52 bits per heavy atom. The molecule has 3 unspecified atom stereocenters. The average Bonchev–Trinajstić information content (AvgIpc) is 3.21. The van der Waals surface area contributed by atoms with Crippen LogP contribution in [0.5, 0.6) is 0 Å². The first-order valence-electron chi connectivity index (χ1n) is 10.5. The number of amides is 2. The number of piperidine rings is 1. The number of hydrogen-bond acceptors (Lipinski definition) is 3. The Morgan fingerprint density at radius 2 is 1.93 bits per heavy atom. The van der Waals surface area contributed by atoms with Crippen molar-refractivity contribution in [1.82, 2.24) is 9.80 Å². The molecule has 1 saturated carbocycles. The van der Waals surface area contributed by atoms with E-state index in [2.05, 4.69) is 48.7 Å². The van der Waals surface area contributed by atoms with Crippen molar-refractivity contribution in [3.8, 4) is 10.4 Å². The first-order chi connectivity index (χ1) is 13.9. The van der Waals surface area contributed by atoms with Crippen molar-refractivity contribution in [3.63, 3.8) is 0 Å². The van der Waals surface area contributed by atoms with Crippen molar-refractivity contribution < 1.29 is 9.59 Å². The van der Waals surface area contributed by atoms with Crippen LogP contribution in [-0.2, 0) is 16.0 Å². The van der Waals surface area contributed by atoms with Gasteiger partial charge in [-0.15, -0.1) is 11.3 Å². The normalized spacial score (nSPS) is 26.2. The SMILES string of the molecule is CC1CC1C(=O)N1CCCC(Cc2ccc(-c3cccs3)cc2)(C(=O)N(C)C)C1. The molecule has 154 valence electrons. The molecule has 0 radical (unpaired) electrons. The second kappa shape index (κ2) is 7.94. The molecule has 29 heavy (non-hydrogen) atoms. The van der Waals surface area contributed by atoms with Crippen molar-refractivity contribution in [1.29, 1.82) is 0 Å². The van der Waals surface area contributed by atoms with E-state index in [0.29, 0.717) is 18.9 Å². The third-order valence-electron chi connectivity index (χ3n) is 6.48. The molecule has 0 bridgehead atoms. The van der Waals surface area contributed by atoms with E-state index in [0.717, 1.165) is 31.4 Å². The second-order valence-electron chi connectivity index (χ2n) is 9.01. The van der Waals surface area contributed by atoms with Crippen LogP contribution >= 0.6 is 11.3 Å². The van der Waals surface area contributed by atoms with Crippen molar-refractivity contribution in [2.45, 2.75) is 32.6 Å². The number of carbonyl (C=O) groups excluding carboxylic acids is 2. The van der Waals surface area contributed by atoms with E-state index in [9.17, 15) is 9.59 Å². The summed E-state index contributed by atoms with van der Waals surface area (Å²) in [5, 5.41) is 2.09. The van der Waals surface area contributed by atoms with Crippen LogP contribution in [0.15, 0.2) is 41.8 Å². The highest BCUT2D eigenvalue weighted by Crippen LogP contribution is 2.42. The number of nitrogens with zero attached hydrogens (tertiary/aromatic N) is 2. The van der Waals surface area contributed by atoms with Crippen LogP contribution in [-0.4, -0.2) is 48.8 Å². The molecular formula is C24H30N2O2S. The molecule has 2 heterocycles. The van der Waals surface area contributed by atoms with Gasteiger partial charge in [0.05, 0.1) is 5.41 Å². The maximum atomic E-state index is 13.3. The minimum atomic E-state index is -0.528. The van der Waals surface area contributed by atoms with Gasteiger partial charge in [0.1, 0.15) is 0 Å². The lowest BCUT2D eigenvalue weighted by molar-refractivity contribution is -0.147. The standard InChI is InChI=1S/C24H30N2O2S/c1-17-14-20(17)22(27)26-12-5-11-24(16-26,23(28)25(2)3)15-18-7-9-19(10-8-18)21-6-4-13-29-21/h4,6-10,13,17,20H,5,11-12,14-16H2,1-3H3. The Kier molecular flexibility index (Phi) is 5.52. The summed E-state index contributed by atoms with van der Waals surface area (Å²) in [6.07, 6.45) is 3.40.